The standard InChI is InChI=1S/C22H21FN4O2S/c1-2-29-18-8-9-19-20(14-18)30-22(25-19)27(12-3-11-26-13-10-24-15-26)21(28)16-4-6-17(23)7-5-16/h4-10,13-15H,2-3,11-12H2,1H3. The van der Waals surface area contributed by atoms with Crippen LogP contribution >= 0.6 is 11.3 Å². The minimum atomic E-state index is -0.373. The maximum atomic E-state index is 13.3. The van der Waals surface area contributed by atoms with Crippen molar-refractivity contribution in [3.63, 3.8) is 0 Å². The fourth-order valence-corrected chi connectivity index (χ4v) is 4.15. The molecule has 0 bridgehead atoms. The molecule has 0 aliphatic carbocycles. The third-order valence-corrected chi connectivity index (χ3v) is 5.63. The molecule has 0 unspecified atom stereocenters. The second-order valence-electron chi connectivity index (χ2n) is 6.68. The highest BCUT2D eigenvalue weighted by Crippen LogP contribution is 2.32. The zero-order valence-corrected chi connectivity index (χ0v) is 17.3. The van der Waals surface area contributed by atoms with Crippen molar-refractivity contribution in [3.05, 3.63) is 72.6 Å². The van der Waals surface area contributed by atoms with Crippen molar-refractivity contribution in [2.45, 2.75) is 19.9 Å². The molecule has 2 aromatic carbocycles. The van der Waals surface area contributed by atoms with Gasteiger partial charge >= 0.3 is 0 Å². The number of anilines is 1. The van der Waals surface area contributed by atoms with Gasteiger partial charge in [0, 0.05) is 31.0 Å². The van der Waals surface area contributed by atoms with Gasteiger partial charge in [0.05, 0.1) is 23.2 Å². The second-order valence-corrected chi connectivity index (χ2v) is 7.69. The van der Waals surface area contributed by atoms with Gasteiger partial charge in [0.2, 0.25) is 0 Å². The van der Waals surface area contributed by atoms with Gasteiger partial charge in [0.15, 0.2) is 5.13 Å². The molecule has 0 N–H and O–H groups in total. The quantitative estimate of drug-likeness (QED) is 0.409. The van der Waals surface area contributed by atoms with Gasteiger partial charge in [-0.2, -0.15) is 0 Å². The van der Waals surface area contributed by atoms with E-state index >= 15 is 0 Å². The molecule has 2 aromatic heterocycles. The van der Waals surface area contributed by atoms with E-state index in [1.54, 1.807) is 17.4 Å². The summed E-state index contributed by atoms with van der Waals surface area (Å²) in [4.78, 5) is 23.6. The fourth-order valence-electron chi connectivity index (χ4n) is 3.13. The molecule has 2 heterocycles. The van der Waals surface area contributed by atoms with E-state index in [4.69, 9.17) is 4.74 Å². The third kappa shape index (κ3) is 4.49. The Morgan fingerprint density at radius 2 is 2.07 bits per heavy atom. The summed E-state index contributed by atoms with van der Waals surface area (Å²) in [5.74, 6) is 0.197. The van der Waals surface area contributed by atoms with Crippen LogP contribution in [0.3, 0.4) is 0 Å². The molecule has 0 radical (unpaired) electrons. The molecule has 1 amide bonds. The van der Waals surface area contributed by atoms with E-state index in [1.807, 2.05) is 35.9 Å². The Kier molecular flexibility index (Phi) is 6.04. The maximum Gasteiger partial charge on any atom is 0.260 e. The monoisotopic (exact) mass is 424 g/mol. The highest BCUT2D eigenvalue weighted by molar-refractivity contribution is 7.22. The Bertz CT molecular complexity index is 1130. The average Bonchev–Trinajstić information content (AvgIpc) is 3.41. The first-order valence-corrected chi connectivity index (χ1v) is 10.5. The van der Waals surface area contributed by atoms with Gasteiger partial charge in [-0.05, 0) is 55.8 Å². The van der Waals surface area contributed by atoms with Crippen LogP contribution in [0.4, 0.5) is 9.52 Å². The van der Waals surface area contributed by atoms with Crippen LogP contribution in [-0.4, -0.2) is 33.6 Å². The smallest absolute Gasteiger partial charge is 0.260 e. The molecular formula is C22H21FN4O2S. The zero-order valence-electron chi connectivity index (χ0n) is 16.5. The average molecular weight is 425 g/mol. The van der Waals surface area contributed by atoms with E-state index in [2.05, 4.69) is 9.97 Å². The summed E-state index contributed by atoms with van der Waals surface area (Å²) in [7, 11) is 0. The number of fused-ring (bicyclic) bond motifs is 1. The van der Waals surface area contributed by atoms with Gasteiger partial charge in [-0.15, -0.1) is 0 Å². The van der Waals surface area contributed by atoms with Gasteiger partial charge in [-0.1, -0.05) is 11.3 Å². The van der Waals surface area contributed by atoms with Gasteiger partial charge < -0.3 is 9.30 Å². The lowest BCUT2D eigenvalue weighted by Crippen LogP contribution is -2.32. The summed E-state index contributed by atoms with van der Waals surface area (Å²) in [6, 6.07) is 11.3. The van der Waals surface area contributed by atoms with Gasteiger partial charge in [0.1, 0.15) is 11.6 Å². The van der Waals surface area contributed by atoms with Gasteiger partial charge in [0.25, 0.3) is 5.91 Å². The van der Waals surface area contributed by atoms with Crippen LogP contribution in [0.1, 0.15) is 23.7 Å². The first kappa shape index (κ1) is 20.0. The predicted molar refractivity (Wildman–Crippen MR) is 116 cm³/mol. The Morgan fingerprint density at radius 3 is 2.80 bits per heavy atom. The number of imidazole rings is 1. The first-order valence-electron chi connectivity index (χ1n) is 9.70. The van der Waals surface area contributed by atoms with Crippen molar-refractivity contribution in [1.29, 1.82) is 0 Å². The van der Waals surface area contributed by atoms with E-state index in [0.717, 1.165) is 28.9 Å². The number of aromatic nitrogens is 3. The summed E-state index contributed by atoms with van der Waals surface area (Å²) < 4.78 is 21.8. The lowest BCUT2D eigenvalue weighted by atomic mass is 10.2. The molecule has 0 fully saturated rings. The van der Waals surface area contributed by atoms with Crippen molar-refractivity contribution in [1.82, 2.24) is 14.5 Å². The fraction of sp³-hybridized carbons (Fsp3) is 0.227. The highest BCUT2D eigenvalue weighted by atomic mass is 32.1. The van der Waals surface area contributed by atoms with Crippen LogP contribution in [0.25, 0.3) is 10.2 Å². The molecule has 0 saturated carbocycles. The molecule has 0 aliphatic rings. The molecule has 30 heavy (non-hydrogen) atoms. The van der Waals surface area contributed by atoms with Crippen molar-refractivity contribution in [3.8, 4) is 5.75 Å². The number of amides is 1. The van der Waals surface area contributed by atoms with E-state index in [1.165, 1.54) is 35.6 Å². The SMILES string of the molecule is CCOc1ccc2nc(N(CCCn3ccnc3)C(=O)c3ccc(F)cc3)sc2c1. The molecule has 0 spiro atoms. The van der Waals surface area contributed by atoms with Crippen LogP contribution in [0.2, 0.25) is 0 Å². The summed E-state index contributed by atoms with van der Waals surface area (Å²) >= 11 is 1.44. The lowest BCUT2D eigenvalue weighted by Gasteiger charge is -2.20. The highest BCUT2D eigenvalue weighted by Gasteiger charge is 2.21. The zero-order chi connectivity index (χ0) is 20.9. The van der Waals surface area contributed by atoms with Crippen molar-refractivity contribution in [2.75, 3.05) is 18.1 Å². The van der Waals surface area contributed by atoms with E-state index < -0.39 is 0 Å². The van der Waals surface area contributed by atoms with Crippen LogP contribution < -0.4 is 9.64 Å². The van der Waals surface area contributed by atoms with E-state index in [0.29, 0.717) is 23.8 Å². The van der Waals surface area contributed by atoms with Crippen molar-refractivity contribution in [2.24, 2.45) is 0 Å². The number of ether oxygens (including phenoxy) is 1. The number of rotatable bonds is 8. The summed E-state index contributed by atoms with van der Waals surface area (Å²) in [5, 5.41) is 0.610. The molecule has 0 atom stereocenters. The largest absolute Gasteiger partial charge is 0.494 e. The Hall–Kier alpha value is -3.26. The number of thiazole rings is 1. The number of aryl methyl sites for hydroxylation is 1. The van der Waals surface area contributed by atoms with Crippen molar-refractivity contribution >= 4 is 32.6 Å². The Labute approximate surface area is 177 Å². The first-order chi connectivity index (χ1) is 14.6. The van der Waals surface area contributed by atoms with Crippen molar-refractivity contribution < 1.29 is 13.9 Å². The van der Waals surface area contributed by atoms with E-state index in [-0.39, 0.29) is 11.7 Å². The molecule has 6 nitrogen and oxygen atoms in total. The van der Waals surface area contributed by atoms with Gasteiger partial charge in [-0.25, -0.2) is 14.4 Å². The van der Waals surface area contributed by atoms with Crippen LogP contribution in [0.15, 0.2) is 61.2 Å². The number of hydrogen-bond donors (Lipinski definition) is 0. The number of halogens is 1. The van der Waals surface area contributed by atoms with Crippen LogP contribution in [0, 0.1) is 5.82 Å². The minimum Gasteiger partial charge on any atom is -0.494 e. The number of benzene rings is 2. The van der Waals surface area contributed by atoms with Gasteiger partial charge in [-0.3, -0.25) is 9.69 Å². The molecule has 0 aliphatic heterocycles. The summed E-state index contributed by atoms with van der Waals surface area (Å²) in [5.41, 5.74) is 1.23. The van der Waals surface area contributed by atoms with E-state index in [9.17, 15) is 9.18 Å². The molecule has 4 aromatic rings. The number of nitrogens with zero attached hydrogens (tertiary/aromatic N) is 4. The molecule has 0 saturated heterocycles. The van der Waals surface area contributed by atoms with Crippen LogP contribution in [0.5, 0.6) is 5.75 Å². The topological polar surface area (TPSA) is 60.2 Å². The lowest BCUT2D eigenvalue weighted by molar-refractivity contribution is 0.0986. The third-order valence-electron chi connectivity index (χ3n) is 4.58. The molecule has 4 rings (SSSR count). The minimum absolute atomic E-state index is 0.204. The predicted octanol–water partition coefficient (Wildman–Crippen LogP) is 4.77. The number of carbonyl (C=O) groups is 1. The second kappa shape index (κ2) is 9.04. The molecule has 8 heteroatoms. The van der Waals surface area contributed by atoms with Crippen LogP contribution in [-0.2, 0) is 6.54 Å². The number of hydrogen-bond acceptors (Lipinski definition) is 5. The Balaban J connectivity index is 1.62. The number of carbonyl (C=O) groups excluding carboxylic acids is 1. The maximum absolute atomic E-state index is 13.3. The summed E-state index contributed by atoms with van der Waals surface area (Å²) in [6.07, 6.45) is 6.09. The molecular weight excluding hydrogens is 403 g/mol. The normalized spacial score (nSPS) is 11.0. The Morgan fingerprint density at radius 1 is 1.23 bits per heavy atom. The molecule has 154 valence electrons. The summed E-state index contributed by atoms with van der Waals surface area (Å²) in [6.45, 7) is 3.73.